The minimum Gasteiger partial charge on any atom is -0.496 e. The largest absolute Gasteiger partial charge is 0.496 e. The normalized spacial score (nSPS) is 16.9. The maximum Gasteiger partial charge on any atom is 0.225 e. The second-order valence-electron chi connectivity index (χ2n) is 7.74. The lowest BCUT2D eigenvalue weighted by Gasteiger charge is -2.35. The van der Waals surface area contributed by atoms with E-state index in [1.807, 2.05) is 18.3 Å². The van der Waals surface area contributed by atoms with Crippen LogP contribution in [0.25, 0.3) is 0 Å². The van der Waals surface area contributed by atoms with Crippen LogP contribution in [-0.2, 0) is 19.5 Å². The molecule has 0 amide bonds. The summed E-state index contributed by atoms with van der Waals surface area (Å²) in [6.07, 6.45) is 4.25. The number of piperazine rings is 1. The van der Waals surface area contributed by atoms with E-state index in [-0.39, 0.29) is 24.8 Å². The van der Waals surface area contributed by atoms with Crippen molar-refractivity contribution in [1.29, 1.82) is 0 Å². The van der Waals surface area contributed by atoms with E-state index in [2.05, 4.69) is 33.8 Å². The number of para-hydroxylation sites is 1. The van der Waals surface area contributed by atoms with Crippen molar-refractivity contribution in [2.24, 2.45) is 0 Å². The molecule has 1 aromatic heterocycles. The standard InChI is InChI=1S/C22H31N5O.2ClH/c1-3-9-25-11-13-27(14-12-25)22-23-15-19-17-26(10-8-20(19)24-22)16-18-6-4-5-7-21(18)28-2;;/h4-7,15H,3,8-14,16-17H2,1-2H3;2*1H. The van der Waals surface area contributed by atoms with E-state index in [1.165, 1.54) is 29.8 Å². The molecule has 2 aromatic rings. The van der Waals surface area contributed by atoms with Gasteiger partial charge in [0.2, 0.25) is 5.95 Å². The summed E-state index contributed by atoms with van der Waals surface area (Å²) in [5.74, 6) is 1.87. The van der Waals surface area contributed by atoms with Gasteiger partial charge >= 0.3 is 0 Å². The van der Waals surface area contributed by atoms with Crippen molar-refractivity contribution in [1.82, 2.24) is 19.8 Å². The summed E-state index contributed by atoms with van der Waals surface area (Å²) >= 11 is 0. The van der Waals surface area contributed by atoms with E-state index in [0.29, 0.717) is 0 Å². The maximum absolute atomic E-state index is 5.50. The topological polar surface area (TPSA) is 44.7 Å². The van der Waals surface area contributed by atoms with Gasteiger partial charge in [-0.15, -0.1) is 24.8 Å². The van der Waals surface area contributed by atoms with Crippen molar-refractivity contribution >= 4 is 30.8 Å². The molecule has 4 rings (SSSR count). The quantitative estimate of drug-likeness (QED) is 0.667. The lowest BCUT2D eigenvalue weighted by molar-refractivity contribution is 0.238. The number of ether oxygens (including phenoxy) is 1. The SMILES string of the molecule is CCCN1CCN(c2ncc3c(n2)CCN(Cc2ccccc2OC)C3)CC1.Cl.Cl. The molecule has 2 aliphatic rings. The molecule has 0 saturated carbocycles. The van der Waals surface area contributed by atoms with E-state index in [1.54, 1.807) is 7.11 Å². The highest BCUT2D eigenvalue weighted by Crippen LogP contribution is 2.24. The third kappa shape index (κ3) is 5.76. The van der Waals surface area contributed by atoms with Gasteiger partial charge in [0.1, 0.15) is 5.75 Å². The number of hydrogen-bond donors (Lipinski definition) is 0. The summed E-state index contributed by atoms with van der Waals surface area (Å²) in [5, 5.41) is 0. The zero-order chi connectivity index (χ0) is 19.3. The first-order chi connectivity index (χ1) is 13.8. The molecule has 0 spiro atoms. The average Bonchev–Trinajstić information content (AvgIpc) is 2.74. The van der Waals surface area contributed by atoms with E-state index in [0.717, 1.165) is 63.9 Å². The van der Waals surface area contributed by atoms with Gasteiger partial charge < -0.3 is 9.64 Å². The molecule has 1 fully saturated rings. The minimum absolute atomic E-state index is 0. The van der Waals surface area contributed by atoms with Crippen molar-refractivity contribution < 1.29 is 4.74 Å². The molecule has 0 aliphatic carbocycles. The number of halogens is 2. The third-order valence-corrected chi connectivity index (χ3v) is 5.78. The number of nitrogens with zero attached hydrogens (tertiary/aromatic N) is 5. The molecule has 1 aromatic carbocycles. The highest BCUT2D eigenvalue weighted by atomic mass is 35.5. The predicted octanol–water partition coefficient (Wildman–Crippen LogP) is 3.42. The maximum atomic E-state index is 5.50. The fourth-order valence-electron chi connectivity index (χ4n) is 4.21. The number of aromatic nitrogens is 2. The number of methoxy groups -OCH3 is 1. The second-order valence-corrected chi connectivity index (χ2v) is 7.74. The highest BCUT2D eigenvalue weighted by Gasteiger charge is 2.23. The molecular formula is C22H33Cl2N5O. The van der Waals surface area contributed by atoms with Crippen LogP contribution < -0.4 is 9.64 Å². The van der Waals surface area contributed by atoms with E-state index in [4.69, 9.17) is 14.7 Å². The van der Waals surface area contributed by atoms with Crippen molar-refractivity contribution in [3.63, 3.8) is 0 Å². The van der Waals surface area contributed by atoms with Gasteiger partial charge in [-0.25, -0.2) is 9.97 Å². The van der Waals surface area contributed by atoms with Crippen LogP contribution in [-0.4, -0.2) is 66.1 Å². The zero-order valence-electron chi connectivity index (χ0n) is 17.9. The van der Waals surface area contributed by atoms with Gasteiger partial charge in [-0.3, -0.25) is 9.80 Å². The van der Waals surface area contributed by atoms with Gasteiger partial charge in [0.15, 0.2) is 0 Å². The van der Waals surface area contributed by atoms with Gasteiger partial charge in [-0.2, -0.15) is 0 Å². The van der Waals surface area contributed by atoms with Crippen LogP contribution in [0.1, 0.15) is 30.2 Å². The Morgan fingerprint density at radius 2 is 1.77 bits per heavy atom. The van der Waals surface area contributed by atoms with E-state index >= 15 is 0 Å². The monoisotopic (exact) mass is 453 g/mol. The Labute approximate surface area is 192 Å². The summed E-state index contributed by atoms with van der Waals surface area (Å²) in [5.41, 5.74) is 3.71. The fourth-order valence-corrected chi connectivity index (χ4v) is 4.21. The molecule has 0 unspecified atom stereocenters. The molecule has 2 aliphatic heterocycles. The molecule has 30 heavy (non-hydrogen) atoms. The first-order valence-corrected chi connectivity index (χ1v) is 10.4. The summed E-state index contributed by atoms with van der Waals surface area (Å²) < 4.78 is 5.50. The number of benzene rings is 1. The number of anilines is 1. The molecule has 0 N–H and O–H groups in total. The molecule has 0 bridgehead atoms. The van der Waals surface area contributed by atoms with Crippen molar-refractivity contribution in [3.8, 4) is 5.75 Å². The first-order valence-electron chi connectivity index (χ1n) is 10.4. The van der Waals surface area contributed by atoms with Gasteiger partial charge in [-0.05, 0) is 19.0 Å². The average molecular weight is 454 g/mol. The smallest absolute Gasteiger partial charge is 0.225 e. The summed E-state index contributed by atoms with van der Waals surface area (Å²) in [6.45, 7) is 10.5. The van der Waals surface area contributed by atoms with E-state index < -0.39 is 0 Å². The van der Waals surface area contributed by atoms with E-state index in [9.17, 15) is 0 Å². The molecule has 1 saturated heterocycles. The van der Waals surface area contributed by atoms with Gasteiger partial charge in [-0.1, -0.05) is 25.1 Å². The van der Waals surface area contributed by atoms with Gasteiger partial charge in [0.05, 0.1) is 12.8 Å². The second kappa shape index (κ2) is 11.7. The van der Waals surface area contributed by atoms with Gasteiger partial charge in [0.25, 0.3) is 0 Å². The van der Waals surface area contributed by atoms with Gasteiger partial charge in [0, 0.05) is 69.6 Å². The molecule has 3 heterocycles. The lowest BCUT2D eigenvalue weighted by Crippen LogP contribution is -2.47. The van der Waals surface area contributed by atoms with Crippen molar-refractivity contribution in [2.75, 3.05) is 51.3 Å². The minimum atomic E-state index is 0. The number of hydrogen-bond acceptors (Lipinski definition) is 6. The van der Waals surface area contributed by atoms with Crippen LogP contribution in [0.5, 0.6) is 5.75 Å². The van der Waals surface area contributed by atoms with Crippen molar-refractivity contribution in [2.45, 2.75) is 32.9 Å². The Morgan fingerprint density at radius 1 is 1.00 bits per heavy atom. The molecule has 6 nitrogen and oxygen atoms in total. The molecule has 0 atom stereocenters. The molecule has 8 heteroatoms. The van der Waals surface area contributed by atoms with Crippen LogP contribution in [0, 0.1) is 0 Å². The fraction of sp³-hybridized carbons (Fsp3) is 0.545. The molecule has 0 radical (unpaired) electrons. The molecule has 166 valence electrons. The lowest BCUT2D eigenvalue weighted by atomic mass is 10.1. The molecular weight excluding hydrogens is 421 g/mol. The zero-order valence-corrected chi connectivity index (χ0v) is 19.6. The van der Waals surface area contributed by atoms with Crippen molar-refractivity contribution in [3.05, 3.63) is 47.3 Å². The summed E-state index contributed by atoms with van der Waals surface area (Å²) in [4.78, 5) is 17.0. The Kier molecular flexibility index (Phi) is 9.62. The third-order valence-electron chi connectivity index (χ3n) is 5.78. The van der Waals surface area contributed by atoms with Crippen LogP contribution in [0.4, 0.5) is 5.95 Å². The predicted molar refractivity (Wildman–Crippen MR) is 126 cm³/mol. The van der Waals surface area contributed by atoms with Crippen LogP contribution >= 0.6 is 24.8 Å². The highest BCUT2D eigenvalue weighted by molar-refractivity contribution is 5.85. The Balaban J connectivity index is 0.00000160. The summed E-state index contributed by atoms with van der Waals surface area (Å²) in [6, 6.07) is 8.27. The van der Waals surface area contributed by atoms with Crippen LogP contribution in [0.2, 0.25) is 0 Å². The Morgan fingerprint density at radius 3 is 2.50 bits per heavy atom. The number of rotatable bonds is 6. The van der Waals surface area contributed by atoms with Crippen LogP contribution in [0.3, 0.4) is 0 Å². The first kappa shape index (κ1) is 24.7. The number of fused-ring (bicyclic) bond motifs is 1. The Bertz CT molecular complexity index is 799. The summed E-state index contributed by atoms with van der Waals surface area (Å²) in [7, 11) is 1.74. The van der Waals surface area contributed by atoms with Crippen LogP contribution in [0.15, 0.2) is 30.5 Å². The Hall–Kier alpha value is -1.60.